The Morgan fingerprint density at radius 2 is 2.24 bits per heavy atom. The molecule has 0 bridgehead atoms. The van der Waals surface area contributed by atoms with Crippen molar-refractivity contribution < 1.29 is 0 Å². The monoisotopic (exact) mass is 268 g/mol. The number of thiophene rings is 1. The molecule has 17 heavy (non-hydrogen) atoms. The van der Waals surface area contributed by atoms with Crippen LogP contribution in [0, 0.1) is 0 Å². The van der Waals surface area contributed by atoms with Crippen LogP contribution in [0.4, 0.5) is 0 Å². The minimum Gasteiger partial charge on any atom is -0.359 e. The molecule has 1 aromatic rings. The summed E-state index contributed by atoms with van der Waals surface area (Å²) in [4.78, 5) is 4.66. The maximum atomic E-state index is 4.66. The number of nitrogens with one attached hydrogen (secondary N) is 1. The Balaban J connectivity index is 1.84. The Labute approximate surface area is 112 Å². The van der Waals surface area contributed by atoms with Gasteiger partial charge in [-0.1, -0.05) is 25.6 Å². The number of nitrogens with zero attached hydrogens (tertiary/aromatic N) is 1. The summed E-state index contributed by atoms with van der Waals surface area (Å²) in [5.74, 6) is 1.16. The van der Waals surface area contributed by atoms with E-state index in [1.54, 1.807) is 11.3 Å². The zero-order chi connectivity index (χ0) is 12.1. The number of amidine groups is 1. The Kier molecular flexibility index (Phi) is 4.51. The molecule has 1 aromatic heterocycles. The Hall–Kier alpha value is -0.480. The smallest absolute Gasteiger partial charge is 0.157 e. The Morgan fingerprint density at radius 1 is 1.41 bits per heavy atom. The van der Waals surface area contributed by atoms with Crippen molar-refractivity contribution in [1.82, 2.24) is 5.32 Å². The van der Waals surface area contributed by atoms with Crippen LogP contribution in [-0.4, -0.2) is 23.0 Å². The largest absolute Gasteiger partial charge is 0.359 e. The summed E-state index contributed by atoms with van der Waals surface area (Å²) in [6.45, 7) is 5.41. The molecule has 2 rings (SSSR count). The van der Waals surface area contributed by atoms with Crippen molar-refractivity contribution in [2.24, 2.45) is 4.99 Å². The fourth-order valence-electron chi connectivity index (χ4n) is 1.94. The first-order valence-electron chi connectivity index (χ1n) is 6.24. The third kappa shape index (κ3) is 3.26. The van der Waals surface area contributed by atoms with Crippen LogP contribution in [0.2, 0.25) is 0 Å². The second-order valence-corrected chi connectivity index (χ2v) is 6.21. The van der Waals surface area contributed by atoms with Crippen molar-refractivity contribution in [2.75, 3.05) is 12.3 Å². The molecule has 0 spiro atoms. The molecule has 94 valence electrons. The molecule has 0 unspecified atom stereocenters. The van der Waals surface area contributed by atoms with Crippen LogP contribution in [0.25, 0.3) is 0 Å². The third-order valence-corrected chi connectivity index (χ3v) is 5.38. The fourth-order valence-corrected chi connectivity index (χ4v) is 4.01. The molecule has 1 saturated heterocycles. The molecule has 0 radical (unpaired) electrons. The van der Waals surface area contributed by atoms with Crippen LogP contribution >= 0.6 is 23.1 Å². The maximum absolute atomic E-state index is 4.66. The summed E-state index contributed by atoms with van der Waals surface area (Å²) in [5, 5.41) is 9.08. The lowest BCUT2D eigenvalue weighted by molar-refractivity contribution is 0.407. The Morgan fingerprint density at radius 3 is 2.82 bits per heavy atom. The van der Waals surface area contributed by atoms with Crippen molar-refractivity contribution in [3.05, 3.63) is 22.4 Å². The highest BCUT2D eigenvalue weighted by molar-refractivity contribution is 8.14. The molecule has 0 atom stereocenters. The number of hydrogen-bond donors (Lipinski definition) is 1. The third-order valence-electron chi connectivity index (χ3n) is 3.45. The van der Waals surface area contributed by atoms with Gasteiger partial charge in [-0.25, -0.2) is 0 Å². The summed E-state index contributed by atoms with van der Waals surface area (Å²) >= 11 is 3.64. The van der Waals surface area contributed by atoms with E-state index in [4.69, 9.17) is 0 Å². The van der Waals surface area contributed by atoms with Gasteiger partial charge >= 0.3 is 0 Å². The number of hydrogen-bond acceptors (Lipinski definition) is 3. The van der Waals surface area contributed by atoms with E-state index in [0.29, 0.717) is 5.54 Å². The van der Waals surface area contributed by atoms with Crippen molar-refractivity contribution in [1.29, 1.82) is 0 Å². The summed E-state index contributed by atoms with van der Waals surface area (Å²) < 4.78 is 0. The summed E-state index contributed by atoms with van der Waals surface area (Å²) in [5.41, 5.74) is 1.70. The maximum Gasteiger partial charge on any atom is 0.157 e. The van der Waals surface area contributed by atoms with Gasteiger partial charge in [0.05, 0.1) is 0 Å². The van der Waals surface area contributed by atoms with E-state index >= 15 is 0 Å². The lowest BCUT2D eigenvalue weighted by Crippen LogP contribution is -2.42. The van der Waals surface area contributed by atoms with Gasteiger partial charge < -0.3 is 5.32 Å². The fraction of sp³-hybridized carbons (Fsp3) is 0.615. The highest BCUT2D eigenvalue weighted by Crippen LogP contribution is 2.28. The first kappa shape index (κ1) is 13.0. The van der Waals surface area contributed by atoms with Gasteiger partial charge in [-0.2, -0.15) is 11.3 Å². The highest BCUT2D eigenvalue weighted by Gasteiger charge is 2.33. The first-order valence-corrected chi connectivity index (χ1v) is 8.17. The van der Waals surface area contributed by atoms with Crippen LogP contribution in [0.1, 0.15) is 32.3 Å². The van der Waals surface area contributed by atoms with E-state index in [2.05, 4.69) is 41.0 Å². The van der Waals surface area contributed by atoms with Crippen LogP contribution in [0.3, 0.4) is 0 Å². The topological polar surface area (TPSA) is 24.4 Å². The van der Waals surface area contributed by atoms with Gasteiger partial charge in [0, 0.05) is 17.8 Å². The molecule has 0 aliphatic carbocycles. The van der Waals surface area contributed by atoms with Gasteiger partial charge in [0.2, 0.25) is 0 Å². The summed E-state index contributed by atoms with van der Waals surface area (Å²) in [6.07, 6.45) is 3.42. The van der Waals surface area contributed by atoms with Gasteiger partial charge in [-0.05, 0) is 41.7 Å². The van der Waals surface area contributed by atoms with Gasteiger partial charge in [0.25, 0.3) is 0 Å². The molecule has 0 amide bonds. The summed E-state index contributed by atoms with van der Waals surface area (Å²) in [6, 6.07) is 2.18. The zero-order valence-corrected chi connectivity index (χ0v) is 12.2. The molecule has 4 heteroatoms. The molecule has 1 fully saturated rings. The second-order valence-electron chi connectivity index (χ2n) is 4.47. The standard InChI is InChI=1S/C13H20N2S2/c1-3-13(4-2)10-17-12(15-13)14-7-5-11-6-8-16-9-11/h6,8-9H,3-5,7,10H2,1-2H3,(H,14,15). The lowest BCUT2D eigenvalue weighted by atomic mass is 9.96. The van der Waals surface area contributed by atoms with Gasteiger partial charge in [-0.15, -0.1) is 0 Å². The van der Waals surface area contributed by atoms with Crippen LogP contribution in [0.5, 0.6) is 0 Å². The van der Waals surface area contributed by atoms with Crippen molar-refractivity contribution >= 4 is 28.3 Å². The predicted octanol–water partition coefficient (Wildman–Crippen LogP) is 3.54. The zero-order valence-electron chi connectivity index (χ0n) is 10.5. The molecular formula is C13H20N2S2. The molecule has 1 N–H and O–H groups in total. The molecule has 2 heterocycles. The predicted molar refractivity (Wildman–Crippen MR) is 79.2 cm³/mol. The lowest BCUT2D eigenvalue weighted by Gasteiger charge is -2.25. The van der Waals surface area contributed by atoms with E-state index in [1.807, 2.05) is 11.8 Å². The van der Waals surface area contributed by atoms with E-state index in [0.717, 1.165) is 23.9 Å². The van der Waals surface area contributed by atoms with Crippen LogP contribution in [-0.2, 0) is 6.42 Å². The first-order chi connectivity index (χ1) is 8.28. The Bertz CT molecular complexity index is 367. The molecule has 0 saturated carbocycles. The van der Waals surface area contributed by atoms with Crippen molar-refractivity contribution in [3.8, 4) is 0 Å². The molecule has 0 aromatic carbocycles. The number of thioether (sulfide) groups is 1. The quantitative estimate of drug-likeness (QED) is 0.883. The average Bonchev–Trinajstić information content (AvgIpc) is 2.99. The van der Waals surface area contributed by atoms with Gasteiger partial charge in [0.1, 0.15) is 0 Å². The minimum atomic E-state index is 0.298. The second kappa shape index (κ2) is 5.91. The highest BCUT2D eigenvalue weighted by atomic mass is 32.2. The van der Waals surface area contributed by atoms with E-state index in [1.165, 1.54) is 18.4 Å². The molecule has 2 nitrogen and oxygen atoms in total. The number of rotatable bonds is 5. The SMILES string of the molecule is CCC1(CC)CSC(=NCCc2ccsc2)N1. The summed E-state index contributed by atoms with van der Waals surface area (Å²) in [7, 11) is 0. The molecular weight excluding hydrogens is 248 g/mol. The van der Waals surface area contributed by atoms with Gasteiger partial charge in [0.15, 0.2) is 5.17 Å². The van der Waals surface area contributed by atoms with E-state index in [9.17, 15) is 0 Å². The number of aliphatic imine (C=N–C) groups is 1. The van der Waals surface area contributed by atoms with E-state index < -0.39 is 0 Å². The normalized spacial score (nSPS) is 20.7. The van der Waals surface area contributed by atoms with Crippen molar-refractivity contribution in [3.63, 3.8) is 0 Å². The minimum absolute atomic E-state index is 0.298. The van der Waals surface area contributed by atoms with Gasteiger partial charge in [-0.3, -0.25) is 4.99 Å². The average molecular weight is 268 g/mol. The van der Waals surface area contributed by atoms with Crippen LogP contribution in [0.15, 0.2) is 21.8 Å². The molecule has 1 aliphatic heterocycles. The molecule has 1 aliphatic rings. The van der Waals surface area contributed by atoms with Crippen LogP contribution < -0.4 is 5.32 Å². The van der Waals surface area contributed by atoms with E-state index in [-0.39, 0.29) is 0 Å². The van der Waals surface area contributed by atoms with Crippen molar-refractivity contribution in [2.45, 2.75) is 38.6 Å².